The fraction of sp³-hybridized carbons (Fsp3) is 0. The minimum Gasteiger partial charge on any atom is -0.193 e. The second kappa shape index (κ2) is 4.66. The van der Waals surface area contributed by atoms with Crippen LogP contribution in [0.1, 0.15) is 0 Å². The van der Waals surface area contributed by atoms with E-state index in [1.807, 2.05) is 0 Å². The largest absolute Gasteiger partial charge is 0.386 e. The molecule has 0 aromatic heterocycles. The van der Waals surface area contributed by atoms with Crippen molar-refractivity contribution >= 4 is 41.2 Å². The van der Waals surface area contributed by atoms with Gasteiger partial charge in [-0.3, -0.25) is 0 Å². The van der Waals surface area contributed by atoms with Gasteiger partial charge in [-0.25, -0.2) is 0 Å². The molecule has 0 aliphatic heterocycles. The Kier molecular flexibility index (Phi) is 4.54. The van der Waals surface area contributed by atoms with Crippen molar-refractivity contribution in [3.8, 4) is 0 Å². The molecule has 0 spiro atoms. The summed E-state index contributed by atoms with van der Waals surface area (Å²) in [4.78, 5) is 0. The van der Waals surface area contributed by atoms with Crippen molar-refractivity contribution in [3.63, 3.8) is 0 Å². The van der Waals surface area contributed by atoms with E-state index in [1.54, 1.807) is 0 Å². The molecule has 0 heterocycles. The van der Waals surface area contributed by atoms with Gasteiger partial charge >= 0.3 is 41.2 Å². The maximum Gasteiger partial charge on any atom is 0.386 e. The molecular formula is H3F2N3O8S4. The number of hydrogen-bond acceptors (Lipinski definition) is 8. The average molecular weight is 339 g/mol. The van der Waals surface area contributed by atoms with Crippen molar-refractivity contribution in [1.82, 2.24) is 12.4 Å². The molecule has 0 aromatic rings. The summed E-state index contributed by atoms with van der Waals surface area (Å²) >= 11 is 0. The standard InChI is InChI=1S/F2H3N3O8S4/c1-14(6,7)3-16(10,11)5-17(12,13)4-15(2,8)9/h3-5H. The quantitative estimate of drug-likeness (QED) is 0.421. The van der Waals surface area contributed by atoms with Gasteiger partial charge in [0.15, 0.2) is 0 Å². The highest BCUT2D eigenvalue weighted by molar-refractivity contribution is 8.11. The molecule has 11 nitrogen and oxygen atoms in total. The van der Waals surface area contributed by atoms with Gasteiger partial charge in [-0.1, -0.05) is 20.2 Å². The molecule has 0 aromatic carbocycles. The highest BCUT2D eigenvalue weighted by atomic mass is 32.3. The summed E-state index contributed by atoms with van der Waals surface area (Å²) in [5.41, 5.74) is 0. The average Bonchev–Trinajstić information content (AvgIpc) is 1.65. The third-order valence-corrected chi connectivity index (χ3v) is 5.74. The molecular weight excluding hydrogens is 336 g/mol. The van der Waals surface area contributed by atoms with E-state index in [0.29, 0.717) is 4.13 Å². The van der Waals surface area contributed by atoms with E-state index in [1.165, 1.54) is 0 Å². The fourth-order valence-electron chi connectivity index (χ4n) is 0.441. The first-order valence-electron chi connectivity index (χ1n) is 2.87. The topological polar surface area (TPSA) is 173 Å². The van der Waals surface area contributed by atoms with Crippen LogP contribution in [-0.2, 0) is 41.2 Å². The Hall–Kier alpha value is -0.460. The van der Waals surface area contributed by atoms with Crippen molar-refractivity contribution in [2.45, 2.75) is 0 Å². The van der Waals surface area contributed by atoms with Crippen LogP contribution in [0.25, 0.3) is 0 Å². The van der Waals surface area contributed by atoms with E-state index in [-0.39, 0.29) is 8.25 Å². The minimum absolute atomic E-state index is 0.168. The Balaban J connectivity index is 5.11. The van der Waals surface area contributed by atoms with Crippen molar-refractivity contribution in [2.75, 3.05) is 0 Å². The Bertz CT molecular complexity index is 618. The van der Waals surface area contributed by atoms with Gasteiger partial charge in [0.25, 0.3) is 0 Å². The SMILES string of the molecule is O=S(=O)(F)NS(=O)(=O)NS(=O)(=O)NS(=O)(=O)F. The predicted octanol–water partition coefficient (Wildman–Crippen LogP) is -3.33. The molecule has 0 fully saturated rings. The van der Waals surface area contributed by atoms with Crippen molar-refractivity contribution < 1.29 is 41.4 Å². The van der Waals surface area contributed by atoms with Crippen LogP contribution in [0.2, 0.25) is 0 Å². The lowest BCUT2D eigenvalue weighted by atomic mass is 13.8. The van der Waals surface area contributed by atoms with Crippen molar-refractivity contribution in [3.05, 3.63) is 0 Å². The molecule has 0 atom stereocenters. The summed E-state index contributed by atoms with van der Waals surface area (Å²) in [6.07, 6.45) is 0. The number of rotatable bonds is 6. The zero-order chi connectivity index (χ0) is 14.1. The third kappa shape index (κ3) is 9.26. The molecule has 0 aliphatic rings. The lowest BCUT2D eigenvalue weighted by Gasteiger charge is -2.04. The summed E-state index contributed by atoms with van der Waals surface area (Å²) < 4.78 is 106. The van der Waals surface area contributed by atoms with Gasteiger partial charge in [0.1, 0.15) is 0 Å². The van der Waals surface area contributed by atoms with Crippen LogP contribution in [-0.4, -0.2) is 33.7 Å². The monoisotopic (exact) mass is 339 g/mol. The Morgan fingerprint density at radius 3 is 0.941 bits per heavy atom. The molecule has 0 bridgehead atoms. The van der Waals surface area contributed by atoms with E-state index >= 15 is 0 Å². The third-order valence-electron chi connectivity index (χ3n) is 0.638. The normalized spacial score (nSPS) is 14.7. The Morgan fingerprint density at radius 2 is 0.765 bits per heavy atom. The van der Waals surface area contributed by atoms with E-state index in [2.05, 4.69) is 0 Å². The van der Waals surface area contributed by atoms with Gasteiger partial charge in [-0.15, -0.1) is 0 Å². The summed E-state index contributed by atoms with van der Waals surface area (Å²) in [7, 11) is -22.7. The summed E-state index contributed by atoms with van der Waals surface area (Å²) in [6.45, 7) is 0. The van der Waals surface area contributed by atoms with Crippen LogP contribution in [0, 0.1) is 0 Å². The number of hydrogen-bond donors (Lipinski definition) is 3. The van der Waals surface area contributed by atoms with E-state index in [9.17, 15) is 41.4 Å². The molecule has 104 valence electrons. The fourth-order valence-corrected chi connectivity index (χ4v) is 4.58. The molecule has 0 saturated heterocycles. The lowest BCUT2D eigenvalue weighted by molar-refractivity contribution is 0.540. The molecule has 0 unspecified atom stereocenters. The van der Waals surface area contributed by atoms with Crippen LogP contribution in [0.15, 0.2) is 0 Å². The summed E-state index contributed by atoms with van der Waals surface area (Å²) in [5, 5.41) is 0. The van der Waals surface area contributed by atoms with Crippen LogP contribution in [0.3, 0.4) is 0 Å². The lowest BCUT2D eigenvalue weighted by Crippen LogP contribution is -2.47. The maximum atomic E-state index is 11.8. The molecule has 17 heteroatoms. The first-order valence-corrected chi connectivity index (χ1v) is 8.60. The molecule has 0 aliphatic carbocycles. The van der Waals surface area contributed by atoms with Crippen LogP contribution in [0.4, 0.5) is 7.77 Å². The highest BCUT2D eigenvalue weighted by Gasteiger charge is 2.28. The van der Waals surface area contributed by atoms with Crippen LogP contribution in [0.5, 0.6) is 0 Å². The van der Waals surface area contributed by atoms with Crippen LogP contribution < -0.4 is 12.4 Å². The predicted molar refractivity (Wildman–Crippen MR) is 47.3 cm³/mol. The van der Waals surface area contributed by atoms with Gasteiger partial charge in [-0.05, 0) is 0 Å². The molecule has 17 heavy (non-hydrogen) atoms. The Labute approximate surface area is 95.3 Å². The van der Waals surface area contributed by atoms with E-state index in [4.69, 9.17) is 0 Å². The highest BCUT2D eigenvalue weighted by Crippen LogP contribution is 1.93. The zero-order valence-electron chi connectivity index (χ0n) is 7.15. The molecule has 0 amide bonds. The van der Waals surface area contributed by atoms with Gasteiger partial charge in [-0.2, -0.15) is 33.7 Å². The Morgan fingerprint density at radius 1 is 0.529 bits per heavy atom. The van der Waals surface area contributed by atoms with E-state index in [0.717, 1.165) is 0 Å². The first kappa shape index (κ1) is 16.5. The smallest absolute Gasteiger partial charge is 0.193 e. The van der Waals surface area contributed by atoms with E-state index < -0.39 is 41.2 Å². The van der Waals surface area contributed by atoms with Crippen LogP contribution >= 0.6 is 0 Å². The second-order valence-electron chi connectivity index (χ2n) is 2.13. The molecule has 0 saturated carbocycles. The van der Waals surface area contributed by atoms with Crippen molar-refractivity contribution in [2.24, 2.45) is 0 Å². The van der Waals surface area contributed by atoms with Gasteiger partial charge in [0, 0.05) is 0 Å². The maximum absolute atomic E-state index is 11.8. The first-order chi connectivity index (χ1) is 7.12. The number of halogens is 2. The van der Waals surface area contributed by atoms with Gasteiger partial charge < -0.3 is 0 Å². The zero-order valence-corrected chi connectivity index (χ0v) is 10.4. The summed E-state index contributed by atoms with van der Waals surface area (Å²) in [6, 6.07) is 0. The second-order valence-corrected chi connectivity index (χ2v) is 7.90. The van der Waals surface area contributed by atoms with Gasteiger partial charge in [0.2, 0.25) is 0 Å². The number of nitrogens with one attached hydrogen (secondary N) is 3. The minimum atomic E-state index is -5.83. The van der Waals surface area contributed by atoms with Crippen molar-refractivity contribution in [1.29, 1.82) is 0 Å². The summed E-state index contributed by atoms with van der Waals surface area (Å²) in [5.74, 6) is 0. The molecule has 3 N–H and O–H groups in total. The molecule has 0 rings (SSSR count). The molecule has 0 radical (unpaired) electrons. The van der Waals surface area contributed by atoms with Gasteiger partial charge in [0.05, 0.1) is 0 Å².